The van der Waals surface area contributed by atoms with E-state index in [9.17, 15) is 14.4 Å². The molecular formula is C13H20N2O4. The number of nitrogens with zero attached hydrogens (tertiary/aromatic N) is 1. The zero-order chi connectivity index (χ0) is 14.3. The number of rotatable bonds is 4. The normalized spacial score (nSPS) is 16.3. The lowest BCUT2D eigenvalue weighted by molar-refractivity contribution is -0.131. The molecule has 6 heteroatoms. The maximum Gasteiger partial charge on any atom is 0.328 e. The highest BCUT2D eigenvalue weighted by molar-refractivity contribution is 6.02. The molecule has 1 aliphatic rings. The molecule has 0 aromatic heterocycles. The number of amides is 3. The third kappa shape index (κ3) is 5.11. The Balaban J connectivity index is 2.53. The van der Waals surface area contributed by atoms with E-state index in [0.29, 0.717) is 12.6 Å². The zero-order valence-electron chi connectivity index (χ0n) is 11.1. The standard InChI is InChI=1S/C13H20N2O4/c1-2-15(10-6-4-3-5-7-10)13(19)14-11(16)8-9-12(17)18/h8-10H,2-7H2,1H3,(H,17,18)(H,14,16,19)/b9-8+. The number of hydrogen-bond acceptors (Lipinski definition) is 3. The molecular weight excluding hydrogens is 248 g/mol. The van der Waals surface area contributed by atoms with Gasteiger partial charge in [0.2, 0.25) is 0 Å². The molecule has 106 valence electrons. The molecule has 1 rings (SSSR count). The largest absolute Gasteiger partial charge is 0.478 e. The van der Waals surface area contributed by atoms with Gasteiger partial charge in [0.15, 0.2) is 0 Å². The third-order valence-corrected chi connectivity index (χ3v) is 3.22. The second-order valence-electron chi connectivity index (χ2n) is 4.54. The molecule has 0 aromatic rings. The highest BCUT2D eigenvalue weighted by Gasteiger charge is 2.24. The van der Waals surface area contributed by atoms with Gasteiger partial charge in [0.25, 0.3) is 5.91 Å². The Morgan fingerprint density at radius 3 is 2.37 bits per heavy atom. The molecule has 0 radical (unpaired) electrons. The van der Waals surface area contributed by atoms with Crippen molar-refractivity contribution in [2.75, 3.05) is 6.54 Å². The molecule has 1 aliphatic carbocycles. The molecule has 1 saturated carbocycles. The van der Waals surface area contributed by atoms with Crippen LogP contribution in [0.15, 0.2) is 12.2 Å². The molecule has 0 aromatic carbocycles. The SMILES string of the molecule is CCN(C(=O)NC(=O)/C=C/C(=O)O)C1CCCCC1. The van der Waals surface area contributed by atoms with Crippen molar-refractivity contribution in [3.05, 3.63) is 12.2 Å². The molecule has 0 bridgehead atoms. The Morgan fingerprint density at radius 1 is 1.21 bits per heavy atom. The fourth-order valence-electron chi connectivity index (χ4n) is 2.33. The maximum absolute atomic E-state index is 11.9. The Bertz CT molecular complexity index is 373. The van der Waals surface area contributed by atoms with Gasteiger partial charge < -0.3 is 10.0 Å². The van der Waals surface area contributed by atoms with Crippen LogP contribution in [0.4, 0.5) is 4.79 Å². The number of carboxylic acids is 1. The van der Waals surface area contributed by atoms with E-state index in [1.54, 1.807) is 4.90 Å². The summed E-state index contributed by atoms with van der Waals surface area (Å²) in [4.78, 5) is 35.2. The van der Waals surface area contributed by atoms with Gasteiger partial charge in [-0.3, -0.25) is 10.1 Å². The van der Waals surface area contributed by atoms with E-state index in [2.05, 4.69) is 5.32 Å². The molecule has 0 atom stereocenters. The second kappa shape index (κ2) is 7.56. The molecule has 0 aliphatic heterocycles. The smallest absolute Gasteiger partial charge is 0.328 e. The molecule has 19 heavy (non-hydrogen) atoms. The second-order valence-corrected chi connectivity index (χ2v) is 4.54. The van der Waals surface area contributed by atoms with Crippen molar-refractivity contribution in [1.29, 1.82) is 0 Å². The van der Waals surface area contributed by atoms with E-state index in [1.165, 1.54) is 6.42 Å². The monoisotopic (exact) mass is 268 g/mol. The van der Waals surface area contributed by atoms with Crippen molar-refractivity contribution in [2.24, 2.45) is 0 Å². The Kier molecular flexibility index (Phi) is 6.05. The average molecular weight is 268 g/mol. The lowest BCUT2D eigenvalue weighted by atomic mass is 9.94. The molecule has 0 unspecified atom stereocenters. The van der Waals surface area contributed by atoms with Gasteiger partial charge in [-0.2, -0.15) is 0 Å². The highest BCUT2D eigenvalue weighted by Crippen LogP contribution is 2.22. The summed E-state index contributed by atoms with van der Waals surface area (Å²) >= 11 is 0. The van der Waals surface area contributed by atoms with Gasteiger partial charge in [-0.1, -0.05) is 19.3 Å². The van der Waals surface area contributed by atoms with Crippen LogP contribution in [0.1, 0.15) is 39.0 Å². The summed E-state index contributed by atoms with van der Waals surface area (Å²) in [5.74, 6) is -1.93. The number of carbonyl (C=O) groups is 3. The van der Waals surface area contributed by atoms with Crippen molar-refractivity contribution >= 4 is 17.9 Å². The minimum Gasteiger partial charge on any atom is -0.478 e. The van der Waals surface area contributed by atoms with Crippen LogP contribution < -0.4 is 5.32 Å². The molecule has 6 nitrogen and oxygen atoms in total. The molecule has 0 saturated heterocycles. The Labute approximate surface area is 112 Å². The predicted octanol–water partition coefficient (Wildman–Crippen LogP) is 1.52. The summed E-state index contributed by atoms with van der Waals surface area (Å²) in [7, 11) is 0. The van der Waals surface area contributed by atoms with Gasteiger partial charge in [0.1, 0.15) is 0 Å². The minimum atomic E-state index is -1.22. The first-order valence-corrected chi connectivity index (χ1v) is 6.57. The van der Waals surface area contributed by atoms with E-state index >= 15 is 0 Å². The van der Waals surface area contributed by atoms with Gasteiger partial charge in [-0.15, -0.1) is 0 Å². The fourth-order valence-corrected chi connectivity index (χ4v) is 2.33. The van der Waals surface area contributed by atoms with Crippen molar-refractivity contribution in [3.8, 4) is 0 Å². The molecule has 0 spiro atoms. The number of hydrogen-bond donors (Lipinski definition) is 2. The van der Waals surface area contributed by atoms with E-state index in [4.69, 9.17) is 5.11 Å². The summed E-state index contributed by atoms with van der Waals surface area (Å²) in [6.45, 7) is 2.40. The maximum atomic E-state index is 11.9. The first-order valence-electron chi connectivity index (χ1n) is 6.57. The van der Waals surface area contributed by atoms with Gasteiger partial charge in [-0.25, -0.2) is 9.59 Å². The van der Waals surface area contributed by atoms with E-state index in [-0.39, 0.29) is 6.04 Å². The number of imide groups is 1. The van der Waals surface area contributed by atoms with Crippen LogP contribution in [0, 0.1) is 0 Å². The van der Waals surface area contributed by atoms with Gasteiger partial charge in [-0.05, 0) is 19.8 Å². The van der Waals surface area contributed by atoms with Crippen molar-refractivity contribution < 1.29 is 19.5 Å². The van der Waals surface area contributed by atoms with Crippen molar-refractivity contribution in [2.45, 2.75) is 45.1 Å². The summed E-state index contributed by atoms with van der Waals surface area (Å²) in [6.07, 6.45) is 6.86. The van der Waals surface area contributed by atoms with E-state index < -0.39 is 17.9 Å². The topological polar surface area (TPSA) is 86.7 Å². The van der Waals surface area contributed by atoms with Crippen LogP contribution in [-0.4, -0.2) is 40.5 Å². The minimum absolute atomic E-state index is 0.176. The van der Waals surface area contributed by atoms with Crippen LogP contribution in [0.2, 0.25) is 0 Å². The van der Waals surface area contributed by atoms with E-state index in [1.807, 2.05) is 6.92 Å². The van der Waals surface area contributed by atoms with Crippen LogP contribution in [0.3, 0.4) is 0 Å². The number of carboxylic acid groups (broad SMARTS) is 1. The highest BCUT2D eigenvalue weighted by atomic mass is 16.4. The number of nitrogens with one attached hydrogen (secondary N) is 1. The first kappa shape index (κ1) is 15.2. The first-order chi connectivity index (χ1) is 9.04. The van der Waals surface area contributed by atoms with Crippen LogP contribution in [-0.2, 0) is 9.59 Å². The van der Waals surface area contributed by atoms with Crippen molar-refractivity contribution in [1.82, 2.24) is 10.2 Å². The molecule has 2 N–H and O–H groups in total. The molecule has 1 fully saturated rings. The Morgan fingerprint density at radius 2 is 1.84 bits per heavy atom. The molecule has 3 amide bonds. The quantitative estimate of drug-likeness (QED) is 0.757. The lowest BCUT2D eigenvalue weighted by Gasteiger charge is -2.33. The summed E-state index contributed by atoms with van der Waals surface area (Å²) in [5.41, 5.74) is 0. The number of urea groups is 1. The summed E-state index contributed by atoms with van der Waals surface area (Å²) < 4.78 is 0. The van der Waals surface area contributed by atoms with Crippen LogP contribution in [0.5, 0.6) is 0 Å². The number of aliphatic carboxylic acids is 1. The summed E-state index contributed by atoms with van der Waals surface area (Å²) in [6, 6.07) is -0.274. The van der Waals surface area contributed by atoms with Crippen molar-refractivity contribution in [3.63, 3.8) is 0 Å². The Hall–Kier alpha value is -1.85. The van der Waals surface area contributed by atoms with Crippen LogP contribution in [0.25, 0.3) is 0 Å². The number of carbonyl (C=O) groups excluding carboxylic acids is 2. The fraction of sp³-hybridized carbons (Fsp3) is 0.615. The average Bonchev–Trinajstić information content (AvgIpc) is 2.38. The zero-order valence-corrected chi connectivity index (χ0v) is 11.1. The van der Waals surface area contributed by atoms with Gasteiger partial charge >= 0.3 is 12.0 Å². The van der Waals surface area contributed by atoms with Gasteiger partial charge in [0.05, 0.1) is 0 Å². The molecule has 0 heterocycles. The summed E-state index contributed by atoms with van der Waals surface area (Å²) in [5, 5.41) is 10.6. The van der Waals surface area contributed by atoms with E-state index in [0.717, 1.165) is 31.8 Å². The predicted molar refractivity (Wildman–Crippen MR) is 69.6 cm³/mol. The van der Waals surface area contributed by atoms with Gasteiger partial charge in [0, 0.05) is 24.7 Å². The third-order valence-electron chi connectivity index (χ3n) is 3.22. The lowest BCUT2D eigenvalue weighted by Crippen LogP contribution is -2.48. The van der Waals surface area contributed by atoms with Crippen LogP contribution >= 0.6 is 0 Å².